The zero-order valence-electron chi connectivity index (χ0n) is 10.5. The van der Waals surface area contributed by atoms with Crippen LogP contribution in [-0.2, 0) is 19.3 Å². The Kier molecular flexibility index (Phi) is 3.80. The highest BCUT2D eigenvalue weighted by molar-refractivity contribution is 9.10. The van der Waals surface area contributed by atoms with Crippen LogP contribution >= 0.6 is 27.3 Å². The Labute approximate surface area is 125 Å². The molecule has 0 aromatic carbocycles. The lowest BCUT2D eigenvalue weighted by Crippen LogP contribution is -2.01. The molecule has 0 saturated carbocycles. The molecule has 3 rings (SSSR count). The summed E-state index contributed by atoms with van der Waals surface area (Å²) in [6, 6.07) is 4.06. The predicted octanol–water partition coefficient (Wildman–Crippen LogP) is 4.21. The van der Waals surface area contributed by atoms with Gasteiger partial charge in [-0.15, -0.1) is 11.3 Å². The molecule has 2 nitrogen and oxygen atoms in total. The van der Waals surface area contributed by atoms with Crippen molar-refractivity contribution >= 4 is 33.0 Å². The second kappa shape index (κ2) is 5.55. The molecular weight excluding hydrogens is 322 g/mol. The van der Waals surface area contributed by atoms with Crippen molar-refractivity contribution in [2.24, 2.45) is 0 Å². The second-order valence-electron chi connectivity index (χ2n) is 4.88. The maximum absolute atomic E-state index is 12.3. The topological polar surface area (TPSA) is 30.0 Å². The molecule has 2 aromatic rings. The molecule has 2 heterocycles. The Bertz CT molecular complexity index is 597. The molecule has 98 valence electrons. The number of aromatic nitrogens is 1. The van der Waals surface area contributed by atoms with Crippen LogP contribution < -0.4 is 0 Å². The van der Waals surface area contributed by atoms with E-state index < -0.39 is 0 Å². The minimum Gasteiger partial charge on any atom is -0.293 e. The Morgan fingerprint density at radius 1 is 1.26 bits per heavy atom. The number of aryl methyl sites for hydroxylation is 2. The van der Waals surface area contributed by atoms with Crippen molar-refractivity contribution in [2.75, 3.05) is 0 Å². The number of fused-ring (bicyclic) bond motifs is 1. The zero-order chi connectivity index (χ0) is 13.2. The summed E-state index contributed by atoms with van der Waals surface area (Å²) in [6.07, 6.45) is 8.73. The van der Waals surface area contributed by atoms with Crippen LogP contribution in [0.25, 0.3) is 0 Å². The summed E-state index contributed by atoms with van der Waals surface area (Å²) in [5, 5.41) is 0. The second-order valence-corrected chi connectivity index (χ2v) is 6.93. The number of halogens is 1. The first kappa shape index (κ1) is 13.0. The first-order valence-corrected chi connectivity index (χ1v) is 8.07. The van der Waals surface area contributed by atoms with E-state index in [1.165, 1.54) is 23.3 Å². The summed E-state index contributed by atoms with van der Waals surface area (Å²) in [7, 11) is 0. The van der Waals surface area contributed by atoms with Crippen molar-refractivity contribution in [3.8, 4) is 0 Å². The van der Waals surface area contributed by atoms with Crippen LogP contribution in [-0.4, -0.2) is 10.8 Å². The van der Waals surface area contributed by atoms with Gasteiger partial charge in [0.1, 0.15) is 0 Å². The maximum atomic E-state index is 12.3. The van der Waals surface area contributed by atoms with Crippen LogP contribution in [0, 0.1) is 0 Å². The molecule has 1 aliphatic carbocycles. The average Bonchev–Trinajstić information content (AvgIpc) is 2.82. The summed E-state index contributed by atoms with van der Waals surface area (Å²) in [5.41, 5.74) is 2.36. The van der Waals surface area contributed by atoms with Crippen LogP contribution in [0.4, 0.5) is 0 Å². The summed E-state index contributed by atoms with van der Waals surface area (Å²) < 4.78 is 0.920. The molecule has 0 spiro atoms. The first-order valence-electron chi connectivity index (χ1n) is 6.46. The Morgan fingerprint density at radius 3 is 2.89 bits per heavy atom. The molecular formula is C15H14BrNOS. The largest absolute Gasteiger partial charge is 0.293 e. The fourth-order valence-corrected chi connectivity index (χ4v) is 4.06. The predicted molar refractivity (Wildman–Crippen MR) is 80.9 cm³/mol. The number of carbonyl (C=O) groups excluding carboxylic acids is 1. The quantitative estimate of drug-likeness (QED) is 0.786. The van der Waals surface area contributed by atoms with Gasteiger partial charge in [0.2, 0.25) is 0 Å². The minimum atomic E-state index is 0.208. The number of hydrogen-bond acceptors (Lipinski definition) is 3. The van der Waals surface area contributed by atoms with Gasteiger partial charge in [-0.05, 0) is 64.9 Å². The van der Waals surface area contributed by atoms with E-state index in [0.717, 1.165) is 27.8 Å². The smallest absolute Gasteiger partial charge is 0.177 e. The van der Waals surface area contributed by atoms with Crippen molar-refractivity contribution in [1.29, 1.82) is 0 Å². The molecule has 0 N–H and O–H groups in total. The van der Waals surface area contributed by atoms with E-state index in [1.54, 1.807) is 23.7 Å². The molecule has 0 aliphatic heterocycles. The highest BCUT2D eigenvalue weighted by atomic mass is 79.9. The summed E-state index contributed by atoms with van der Waals surface area (Å²) in [4.78, 5) is 18.7. The lowest BCUT2D eigenvalue weighted by Gasteiger charge is -2.08. The fraction of sp³-hybridized carbons (Fsp3) is 0.333. The third kappa shape index (κ3) is 2.95. The number of carbonyl (C=O) groups is 1. The molecule has 0 amide bonds. The monoisotopic (exact) mass is 335 g/mol. The Hall–Kier alpha value is -1.00. The highest BCUT2D eigenvalue weighted by Crippen LogP contribution is 2.30. The molecule has 0 fully saturated rings. The summed E-state index contributed by atoms with van der Waals surface area (Å²) in [6.45, 7) is 0. The van der Waals surface area contributed by atoms with Crippen LogP contribution in [0.5, 0.6) is 0 Å². The van der Waals surface area contributed by atoms with Crippen molar-refractivity contribution in [3.05, 3.63) is 49.9 Å². The summed E-state index contributed by atoms with van der Waals surface area (Å²) >= 11 is 5.07. The van der Waals surface area contributed by atoms with Gasteiger partial charge >= 0.3 is 0 Å². The molecule has 2 aromatic heterocycles. The van der Waals surface area contributed by atoms with Crippen molar-refractivity contribution < 1.29 is 4.79 Å². The summed E-state index contributed by atoms with van der Waals surface area (Å²) in [5.74, 6) is 0.208. The van der Waals surface area contributed by atoms with Crippen molar-refractivity contribution in [2.45, 2.75) is 32.1 Å². The van der Waals surface area contributed by atoms with Gasteiger partial charge in [-0.1, -0.05) is 0 Å². The first-order chi connectivity index (χ1) is 9.22. The van der Waals surface area contributed by atoms with Crippen molar-refractivity contribution in [3.63, 3.8) is 0 Å². The molecule has 1 aliphatic rings. The Morgan fingerprint density at radius 2 is 2.11 bits per heavy atom. The molecule has 0 atom stereocenters. The number of nitrogens with zero attached hydrogens (tertiary/aromatic N) is 1. The molecule has 0 saturated heterocycles. The van der Waals surface area contributed by atoms with Crippen LogP contribution in [0.3, 0.4) is 0 Å². The van der Waals surface area contributed by atoms with Gasteiger partial charge in [0.15, 0.2) is 5.78 Å². The van der Waals surface area contributed by atoms with Crippen LogP contribution in [0.1, 0.15) is 38.5 Å². The van der Waals surface area contributed by atoms with Gasteiger partial charge in [0.05, 0.1) is 4.88 Å². The van der Waals surface area contributed by atoms with Crippen molar-refractivity contribution in [1.82, 2.24) is 4.98 Å². The average molecular weight is 336 g/mol. The van der Waals surface area contributed by atoms with E-state index in [2.05, 4.69) is 27.0 Å². The van der Waals surface area contributed by atoms with E-state index >= 15 is 0 Å². The zero-order valence-corrected chi connectivity index (χ0v) is 12.9. The van der Waals surface area contributed by atoms with Gasteiger partial charge < -0.3 is 0 Å². The number of rotatable bonds is 3. The highest BCUT2D eigenvalue weighted by Gasteiger charge is 2.17. The van der Waals surface area contributed by atoms with E-state index in [1.807, 2.05) is 6.07 Å². The van der Waals surface area contributed by atoms with E-state index in [4.69, 9.17) is 0 Å². The standard InChI is InChI=1S/C15H14BrNOS/c16-12-5-10(8-17-9-12)6-13(18)15-7-11-3-1-2-4-14(11)19-15/h5,7-9H,1-4,6H2. The van der Waals surface area contributed by atoms with E-state index in [0.29, 0.717) is 6.42 Å². The third-order valence-corrected chi connectivity index (χ3v) is 5.11. The number of ketones is 1. The fourth-order valence-electron chi connectivity index (χ4n) is 2.45. The van der Waals surface area contributed by atoms with Crippen LogP contribution in [0.15, 0.2) is 29.0 Å². The normalized spacial score (nSPS) is 14.2. The third-order valence-electron chi connectivity index (χ3n) is 3.40. The maximum Gasteiger partial charge on any atom is 0.177 e. The van der Waals surface area contributed by atoms with Gasteiger partial charge in [-0.25, -0.2) is 0 Å². The van der Waals surface area contributed by atoms with Gasteiger partial charge in [-0.2, -0.15) is 0 Å². The van der Waals surface area contributed by atoms with Gasteiger partial charge in [0.25, 0.3) is 0 Å². The molecule has 0 bridgehead atoms. The van der Waals surface area contributed by atoms with Crippen LogP contribution in [0.2, 0.25) is 0 Å². The lowest BCUT2D eigenvalue weighted by molar-refractivity contribution is 0.0996. The van der Waals surface area contributed by atoms with Gasteiger partial charge in [-0.3, -0.25) is 9.78 Å². The minimum absolute atomic E-state index is 0.208. The number of thiophene rings is 1. The number of Topliss-reactive ketones (excluding diaryl/α,β-unsaturated/α-hetero) is 1. The molecule has 0 unspecified atom stereocenters. The number of pyridine rings is 1. The Balaban J connectivity index is 1.78. The number of hydrogen-bond donors (Lipinski definition) is 0. The molecule has 0 radical (unpaired) electrons. The molecule has 4 heteroatoms. The van der Waals surface area contributed by atoms with E-state index in [-0.39, 0.29) is 5.78 Å². The van der Waals surface area contributed by atoms with E-state index in [9.17, 15) is 4.79 Å². The lowest BCUT2D eigenvalue weighted by atomic mass is 9.99. The molecule has 19 heavy (non-hydrogen) atoms. The SMILES string of the molecule is O=C(Cc1cncc(Br)c1)c1cc2c(s1)CCCC2. The van der Waals surface area contributed by atoms with Gasteiger partial charge in [0, 0.05) is 28.2 Å².